The summed E-state index contributed by atoms with van der Waals surface area (Å²) in [7, 11) is 1.12. The number of nitrogens with one attached hydrogen (secondary N) is 1. The minimum absolute atomic E-state index is 0.0174. The first-order valence-corrected chi connectivity index (χ1v) is 4.40. The lowest BCUT2D eigenvalue weighted by Gasteiger charge is -2.10. The molecule has 1 aromatic rings. The fourth-order valence-electron chi connectivity index (χ4n) is 1.67. The molecular weight excluding hydrogens is 165 g/mol. The molecule has 0 radical (unpaired) electrons. The lowest BCUT2D eigenvalue weighted by molar-refractivity contribution is 0.190. The lowest BCUT2D eigenvalue weighted by Crippen LogP contribution is -2.27. The molecule has 3 nitrogen and oxygen atoms in total. The summed E-state index contributed by atoms with van der Waals surface area (Å²) in [5, 5.41) is 12.6. The molecule has 0 aliphatic carbocycles. The van der Waals surface area contributed by atoms with Gasteiger partial charge in [-0.1, -0.05) is 24.3 Å². The van der Waals surface area contributed by atoms with Gasteiger partial charge >= 0.3 is 7.12 Å². The molecule has 68 valence electrons. The Hall–Kier alpha value is -0.835. The molecule has 4 heteroatoms. The highest BCUT2D eigenvalue weighted by Crippen LogP contribution is 2.21. The Bertz CT molecular complexity index is 305. The molecule has 1 atom stereocenters. The van der Waals surface area contributed by atoms with Crippen LogP contribution in [0.4, 0.5) is 0 Å². The third kappa shape index (κ3) is 1.48. The molecule has 13 heavy (non-hydrogen) atoms. The van der Waals surface area contributed by atoms with Crippen LogP contribution < -0.4 is 10.8 Å². The average molecular weight is 177 g/mol. The molecule has 1 aliphatic heterocycles. The zero-order chi connectivity index (χ0) is 9.26. The van der Waals surface area contributed by atoms with E-state index in [9.17, 15) is 5.02 Å². The zero-order valence-corrected chi connectivity index (χ0v) is 7.53. The molecule has 0 saturated heterocycles. The van der Waals surface area contributed by atoms with Crippen LogP contribution in [-0.2, 0) is 4.65 Å². The van der Waals surface area contributed by atoms with Crippen molar-refractivity contribution in [1.82, 2.24) is 5.32 Å². The van der Waals surface area contributed by atoms with Crippen molar-refractivity contribution >= 4 is 12.6 Å². The molecule has 1 aliphatic rings. The van der Waals surface area contributed by atoms with Crippen LogP contribution in [0, 0.1) is 0 Å². The van der Waals surface area contributed by atoms with Crippen molar-refractivity contribution < 1.29 is 9.68 Å². The van der Waals surface area contributed by atoms with Gasteiger partial charge in [0.05, 0.1) is 6.10 Å². The maximum absolute atomic E-state index is 9.53. The maximum Gasteiger partial charge on any atom is 0.492 e. The van der Waals surface area contributed by atoms with Gasteiger partial charge in [-0.15, -0.1) is 0 Å². The van der Waals surface area contributed by atoms with E-state index in [-0.39, 0.29) is 6.10 Å². The molecule has 1 heterocycles. The second-order valence-electron chi connectivity index (χ2n) is 3.16. The lowest BCUT2D eigenvalue weighted by atomic mass is 9.79. The molecule has 0 saturated carbocycles. The van der Waals surface area contributed by atoms with Crippen molar-refractivity contribution in [2.45, 2.75) is 6.10 Å². The minimum Gasteiger partial charge on any atom is -0.423 e. The van der Waals surface area contributed by atoms with Crippen molar-refractivity contribution in [1.29, 1.82) is 0 Å². The standard InChI is InChI=1S/C9H12BNO2/c1-11-6-9-7-4-2-3-5-8(7)10(12)13-9/h2-5,9,11-12H,6H2,1H3. The Morgan fingerprint density at radius 3 is 3.08 bits per heavy atom. The second kappa shape index (κ2) is 3.50. The topological polar surface area (TPSA) is 41.5 Å². The Morgan fingerprint density at radius 1 is 1.54 bits per heavy atom. The molecule has 0 fully saturated rings. The van der Waals surface area contributed by atoms with Gasteiger partial charge in [-0.3, -0.25) is 0 Å². The van der Waals surface area contributed by atoms with Crippen LogP contribution >= 0.6 is 0 Å². The van der Waals surface area contributed by atoms with Crippen LogP contribution in [0.2, 0.25) is 0 Å². The molecule has 0 amide bonds. The summed E-state index contributed by atoms with van der Waals surface area (Å²) in [5.74, 6) is 0. The normalized spacial score (nSPS) is 20.5. The monoisotopic (exact) mass is 177 g/mol. The first-order chi connectivity index (χ1) is 6.33. The van der Waals surface area contributed by atoms with Crippen LogP contribution in [0.1, 0.15) is 11.7 Å². The highest BCUT2D eigenvalue weighted by molar-refractivity contribution is 6.61. The van der Waals surface area contributed by atoms with E-state index in [1.807, 2.05) is 31.3 Å². The predicted octanol–water partition coefficient (Wildman–Crippen LogP) is -0.335. The Kier molecular flexibility index (Phi) is 2.35. The highest BCUT2D eigenvalue weighted by Gasteiger charge is 2.33. The van der Waals surface area contributed by atoms with E-state index in [0.29, 0.717) is 0 Å². The smallest absolute Gasteiger partial charge is 0.423 e. The third-order valence-corrected chi connectivity index (χ3v) is 2.29. The fraction of sp³-hybridized carbons (Fsp3) is 0.333. The summed E-state index contributed by atoms with van der Waals surface area (Å²) in [6, 6.07) is 7.76. The van der Waals surface area contributed by atoms with Gasteiger partial charge < -0.3 is 15.0 Å². The largest absolute Gasteiger partial charge is 0.492 e. The number of rotatable bonds is 2. The summed E-state index contributed by atoms with van der Waals surface area (Å²) >= 11 is 0. The van der Waals surface area contributed by atoms with E-state index >= 15 is 0 Å². The summed E-state index contributed by atoms with van der Waals surface area (Å²) in [5.41, 5.74) is 1.98. The highest BCUT2D eigenvalue weighted by atomic mass is 16.5. The molecule has 2 N–H and O–H groups in total. The van der Waals surface area contributed by atoms with Crippen LogP contribution in [0.3, 0.4) is 0 Å². The van der Waals surface area contributed by atoms with Gasteiger partial charge in [0, 0.05) is 6.54 Å². The van der Waals surface area contributed by atoms with Gasteiger partial charge in [0.15, 0.2) is 0 Å². The van der Waals surface area contributed by atoms with Crippen LogP contribution in [0.15, 0.2) is 24.3 Å². The molecule has 0 bridgehead atoms. The van der Waals surface area contributed by atoms with Gasteiger partial charge in [0.2, 0.25) is 0 Å². The fourth-order valence-corrected chi connectivity index (χ4v) is 1.67. The molecule has 1 unspecified atom stereocenters. The minimum atomic E-state index is -0.755. The predicted molar refractivity (Wildman–Crippen MR) is 51.8 cm³/mol. The SMILES string of the molecule is CNCC1OB(O)c2ccccc21. The third-order valence-electron chi connectivity index (χ3n) is 2.29. The maximum atomic E-state index is 9.53. The first kappa shape index (κ1) is 8.75. The Balaban J connectivity index is 2.30. The molecule has 0 aromatic heterocycles. The van der Waals surface area contributed by atoms with E-state index in [0.717, 1.165) is 17.6 Å². The Labute approximate surface area is 77.9 Å². The van der Waals surface area contributed by atoms with Crippen LogP contribution in [0.5, 0.6) is 0 Å². The van der Waals surface area contributed by atoms with Crippen molar-refractivity contribution in [3.05, 3.63) is 29.8 Å². The van der Waals surface area contributed by atoms with Gasteiger partial charge in [0.25, 0.3) is 0 Å². The van der Waals surface area contributed by atoms with Gasteiger partial charge in [-0.2, -0.15) is 0 Å². The van der Waals surface area contributed by atoms with Crippen LogP contribution in [-0.4, -0.2) is 25.7 Å². The van der Waals surface area contributed by atoms with E-state index in [4.69, 9.17) is 4.65 Å². The van der Waals surface area contributed by atoms with Gasteiger partial charge in [-0.05, 0) is 18.1 Å². The number of fused-ring (bicyclic) bond motifs is 1. The van der Waals surface area contributed by atoms with Gasteiger partial charge in [-0.25, -0.2) is 0 Å². The summed E-state index contributed by atoms with van der Waals surface area (Å²) in [6.45, 7) is 0.730. The zero-order valence-electron chi connectivity index (χ0n) is 7.53. The van der Waals surface area contributed by atoms with Crippen molar-refractivity contribution in [2.24, 2.45) is 0 Å². The molecule has 2 rings (SSSR count). The quantitative estimate of drug-likeness (QED) is 0.607. The van der Waals surface area contributed by atoms with E-state index in [2.05, 4.69) is 5.32 Å². The summed E-state index contributed by atoms with van der Waals surface area (Å²) in [4.78, 5) is 0. The van der Waals surface area contributed by atoms with E-state index < -0.39 is 7.12 Å². The number of likely N-dealkylation sites (N-methyl/N-ethyl adjacent to an activating group) is 1. The number of hydrogen-bond donors (Lipinski definition) is 2. The second-order valence-corrected chi connectivity index (χ2v) is 3.16. The van der Waals surface area contributed by atoms with E-state index in [1.54, 1.807) is 0 Å². The number of hydrogen-bond acceptors (Lipinski definition) is 3. The van der Waals surface area contributed by atoms with Gasteiger partial charge in [0.1, 0.15) is 0 Å². The molecule has 0 spiro atoms. The summed E-state index contributed by atoms with van der Waals surface area (Å²) in [6.07, 6.45) is -0.0174. The first-order valence-electron chi connectivity index (χ1n) is 4.40. The molecule has 1 aromatic carbocycles. The van der Waals surface area contributed by atoms with Crippen LogP contribution in [0.25, 0.3) is 0 Å². The summed E-state index contributed by atoms with van der Waals surface area (Å²) < 4.78 is 5.37. The average Bonchev–Trinajstić information content (AvgIpc) is 2.46. The molecular formula is C9H12BNO2. The number of benzene rings is 1. The van der Waals surface area contributed by atoms with Crippen molar-refractivity contribution in [2.75, 3.05) is 13.6 Å². The van der Waals surface area contributed by atoms with Crippen molar-refractivity contribution in [3.63, 3.8) is 0 Å². The van der Waals surface area contributed by atoms with E-state index in [1.165, 1.54) is 0 Å². The van der Waals surface area contributed by atoms with Crippen molar-refractivity contribution in [3.8, 4) is 0 Å². The Morgan fingerprint density at radius 2 is 2.31 bits per heavy atom.